The lowest BCUT2D eigenvalue weighted by atomic mass is 10.1. The van der Waals surface area contributed by atoms with Gasteiger partial charge in [-0.3, -0.25) is 4.79 Å². The highest BCUT2D eigenvalue weighted by molar-refractivity contribution is 5.76. The van der Waals surface area contributed by atoms with Crippen molar-refractivity contribution in [3.05, 3.63) is 29.8 Å². The van der Waals surface area contributed by atoms with Gasteiger partial charge in [0.2, 0.25) is 5.91 Å². The molecule has 1 aromatic rings. The van der Waals surface area contributed by atoms with Gasteiger partial charge in [0, 0.05) is 31.8 Å². The number of benzene rings is 1. The van der Waals surface area contributed by atoms with Gasteiger partial charge in [0.05, 0.1) is 6.10 Å². The zero-order chi connectivity index (χ0) is 14.2. The zero-order valence-corrected chi connectivity index (χ0v) is 12.2. The highest BCUT2D eigenvalue weighted by atomic mass is 16.5. The van der Waals surface area contributed by atoms with Gasteiger partial charge in [-0.15, -0.1) is 0 Å². The van der Waals surface area contributed by atoms with Crippen molar-refractivity contribution < 1.29 is 9.53 Å². The number of anilines is 1. The number of hydrogen-bond donors (Lipinski definition) is 2. The normalized spacial score (nSPS) is 17.9. The molecule has 1 heterocycles. The van der Waals surface area contributed by atoms with Gasteiger partial charge in [-0.2, -0.15) is 0 Å². The van der Waals surface area contributed by atoms with E-state index in [2.05, 4.69) is 29.7 Å². The minimum Gasteiger partial charge on any atom is -0.384 e. The Bertz CT molecular complexity index is 428. The smallest absolute Gasteiger partial charge is 0.221 e. The number of rotatable bonds is 7. The first-order chi connectivity index (χ1) is 9.79. The maximum Gasteiger partial charge on any atom is 0.221 e. The van der Waals surface area contributed by atoms with Crippen LogP contribution >= 0.6 is 0 Å². The zero-order valence-electron chi connectivity index (χ0n) is 12.2. The molecule has 0 saturated carbocycles. The van der Waals surface area contributed by atoms with Crippen LogP contribution in [0.1, 0.15) is 31.7 Å². The molecule has 1 saturated heterocycles. The van der Waals surface area contributed by atoms with Crippen molar-refractivity contribution in [3.8, 4) is 0 Å². The third-order valence-electron chi connectivity index (χ3n) is 3.62. The number of ether oxygens (including phenoxy) is 1. The Balaban J connectivity index is 1.65. The monoisotopic (exact) mass is 276 g/mol. The summed E-state index contributed by atoms with van der Waals surface area (Å²) >= 11 is 0. The first-order valence-corrected chi connectivity index (χ1v) is 7.49. The molecule has 1 aliphatic heterocycles. The summed E-state index contributed by atoms with van der Waals surface area (Å²) in [5.74, 6) is 0.0852. The van der Waals surface area contributed by atoms with Crippen LogP contribution in [0.2, 0.25) is 0 Å². The Kier molecular flexibility index (Phi) is 5.87. The number of carbonyl (C=O) groups is 1. The van der Waals surface area contributed by atoms with Crippen molar-refractivity contribution in [3.63, 3.8) is 0 Å². The Morgan fingerprint density at radius 1 is 1.40 bits per heavy atom. The van der Waals surface area contributed by atoms with E-state index in [0.717, 1.165) is 31.6 Å². The fraction of sp³-hybridized carbons (Fsp3) is 0.562. The molecule has 2 rings (SSSR count). The number of aryl methyl sites for hydroxylation is 1. The van der Waals surface area contributed by atoms with Crippen LogP contribution in [0, 0.1) is 0 Å². The van der Waals surface area contributed by atoms with Gasteiger partial charge in [0.15, 0.2) is 0 Å². The molecule has 4 heteroatoms. The molecule has 0 spiro atoms. The van der Waals surface area contributed by atoms with Crippen molar-refractivity contribution in [2.24, 2.45) is 0 Å². The molecule has 1 fully saturated rings. The molecule has 4 nitrogen and oxygen atoms in total. The molecule has 0 aromatic heterocycles. The summed E-state index contributed by atoms with van der Waals surface area (Å²) in [4.78, 5) is 11.7. The summed E-state index contributed by atoms with van der Waals surface area (Å²) in [5.41, 5.74) is 2.41. The predicted octanol–water partition coefficient (Wildman–Crippen LogP) is 2.35. The van der Waals surface area contributed by atoms with Gasteiger partial charge in [-0.25, -0.2) is 0 Å². The van der Waals surface area contributed by atoms with E-state index in [0.29, 0.717) is 19.5 Å². The van der Waals surface area contributed by atoms with Gasteiger partial charge >= 0.3 is 0 Å². The molecule has 1 aromatic carbocycles. The average Bonchev–Trinajstić information content (AvgIpc) is 2.99. The third-order valence-corrected chi connectivity index (χ3v) is 3.62. The molecule has 1 amide bonds. The van der Waals surface area contributed by atoms with Crippen LogP contribution < -0.4 is 10.6 Å². The Morgan fingerprint density at radius 3 is 3.00 bits per heavy atom. The summed E-state index contributed by atoms with van der Waals surface area (Å²) in [6, 6.07) is 8.22. The van der Waals surface area contributed by atoms with Crippen molar-refractivity contribution in [1.82, 2.24) is 5.32 Å². The van der Waals surface area contributed by atoms with Gasteiger partial charge < -0.3 is 15.4 Å². The first-order valence-electron chi connectivity index (χ1n) is 7.49. The third kappa shape index (κ3) is 4.53. The number of nitrogens with one attached hydrogen (secondary N) is 2. The maximum atomic E-state index is 11.7. The Morgan fingerprint density at radius 2 is 2.25 bits per heavy atom. The van der Waals surface area contributed by atoms with E-state index in [4.69, 9.17) is 4.74 Å². The summed E-state index contributed by atoms with van der Waals surface area (Å²) in [6.45, 7) is 4.27. The van der Waals surface area contributed by atoms with Crippen molar-refractivity contribution >= 4 is 11.6 Å². The lowest BCUT2D eigenvalue weighted by Crippen LogP contribution is -2.32. The summed E-state index contributed by atoms with van der Waals surface area (Å²) in [6.07, 6.45) is 3.87. The van der Waals surface area contributed by atoms with Gasteiger partial charge in [0.1, 0.15) is 0 Å². The Hall–Kier alpha value is -1.55. The van der Waals surface area contributed by atoms with Crippen LogP contribution in [0.25, 0.3) is 0 Å². The number of para-hydroxylation sites is 1. The van der Waals surface area contributed by atoms with Crippen LogP contribution in [0.3, 0.4) is 0 Å². The quantitative estimate of drug-likeness (QED) is 0.803. The minimum absolute atomic E-state index is 0.0852. The minimum atomic E-state index is 0.0852. The molecule has 1 atom stereocenters. The van der Waals surface area contributed by atoms with Gasteiger partial charge in [-0.1, -0.05) is 25.1 Å². The summed E-state index contributed by atoms with van der Waals surface area (Å²) in [5, 5.41) is 6.27. The molecular formula is C16H24N2O2. The van der Waals surface area contributed by atoms with Crippen LogP contribution in [0.5, 0.6) is 0 Å². The second-order valence-corrected chi connectivity index (χ2v) is 5.13. The van der Waals surface area contributed by atoms with Crippen molar-refractivity contribution in [2.75, 3.05) is 25.0 Å². The largest absolute Gasteiger partial charge is 0.384 e. The SMILES string of the molecule is CCc1ccccc1NCCC(=O)NCC1CCCO1. The topological polar surface area (TPSA) is 50.4 Å². The highest BCUT2D eigenvalue weighted by Crippen LogP contribution is 2.15. The molecular weight excluding hydrogens is 252 g/mol. The van der Waals surface area contributed by atoms with Gasteiger partial charge in [0.25, 0.3) is 0 Å². The molecule has 1 unspecified atom stereocenters. The fourth-order valence-corrected chi connectivity index (χ4v) is 2.43. The van der Waals surface area contributed by atoms with E-state index in [9.17, 15) is 4.79 Å². The van der Waals surface area contributed by atoms with E-state index in [-0.39, 0.29) is 12.0 Å². The Labute approximate surface area is 120 Å². The summed E-state index contributed by atoms with van der Waals surface area (Å²) < 4.78 is 5.48. The van der Waals surface area contributed by atoms with Crippen LogP contribution in [-0.4, -0.2) is 31.7 Å². The first kappa shape index (κ1) is 14.9. The number of amides is 1. The number of hydrogen-bond acceptors (Lipinski definition) is 3. The maximum absolute atomic E-state index is 11.7. The highest BCUT2D eigenvalue weighted by Gasteiger charge is 2.15. The second-order valence-electron chi connectivity index (χ2n) is 5.13. The standard InChI is InChI=1S/C16H24N2O2/c1-2-13-6-3-4-8-15(13)17-10-9-16(19)18-12-14-7-5-11-20-14/h3-4,6,8,14,17H,2,5,7,9-12H2,1H3,(H,18,19). The second kappa shape index (κ2) is 7.90. The lowest BCUT2D eigenvalue weighted by Gasteiger charge is -2.12. The average molecular weight is 276 g/mol. The van der Waals surface area contributed by atoms with Crippen LogP contribution in [-0.2, 0) is 16.0 Å². The van der Waals surface area contributed by atoms with Crippen LogP contribution in [0.15, 0.2) is 24.3 Å². The summed E-state index contributed by atoms with van der Waals surface area (Å²) in [7, 11) is 0. The number of carbonyl (C=O) groups excluding carboxylic acids is 1. The van der Waals surface area contributed by atoms with E-state index < -0.39 is 0 Å². The molecule has 2 N–H and O–H groups in total. The molecule has 1 aliphatic rings. The molecule has 0 bridgehead atoms. The fourth-order valence-electron chi connectivity index (χ4n) is 2.43. The van der Waals surface area contributed by atoms with E-state index in [1.54, 1.807) is 0 Å². The molecule has 0 aliphatic carbocycles. The van der Waals surface area contributed by atoms with E-state index in [1.165, 1.54) is 5.56 Å². The van der Waals surface area contributed by atoms with Gasteiger partial charge in [-0.05, 0) is 30.9 Å². The molecule has 0 radical (unpaired) electrons. The molecule has 20 heavy (non-hydrogen) atoms. The predicted molar refractivity (Wildman–Crippen MR) is 80.9 cm³/mol. The van der Waals surface area contributed by atoms with E-state index in [1.807, 2.05) is 12.1 Å². The lowest BCUT2D eigenvalue weighted by molar-refractivity contribution is -0.121. The molecule has 110 valence electrons. The van der Waals surface area contributed by atoms with Crippen LogP contribution in [0.4, 0.5) is 5.69 Å². The van der Waals surface area contributed by atoms with E-state index >= 15 is 0 Å². The van der Waals surface area contributed by atoms with Crippen molar-refractivity contribution in [2.45, 2.75) is 38.7 Å². The van der Waals surface area contributed by atoms with Crippen molar-refractivity contribution in [1.29, 1.82) is 0 Å².